The lowest BCUT2D eigenvalue weighted by molar-refractivity contribution is -0.134. The number of carbonyl (C=O) groups excluding carboxylic acids is 1. The number of benzene rings is 1. The number of amides is 1. The maximum Gasteiger partial charge on any atom is 0.260 e. The van der Waals surface area contributed by atoms with Gasteiger partial charge in [-0.3, -0.25) is 4.79 Å². The Labute approximate surface area is 129 Å². The van der Waals surface area contributed by atoms with Crippen molar-refractivity contribution < 1.29 is 19.4 Å². The van der Waals surface area contributed by atoms with Gasteiger partial charge in [0.05, 0.1) is 13.2 Å². The minimum absolute atomic E-state index is 0.0991. The third-order valence-electron chi connectivity index (χ3n) is 2.79. The van der Waals surface area contributed by atoms with Crippen LogP contribution in [0.3, 0.4) is 0 Å². The first-order chi connectivity index (χ1) is 10.1. The maximum atomic E-state index is 12.0. The van der Waals surface area contributed by atoms with Gasteiger partial charge in [-0.15, -0.1) is 0 Å². The fourth-order valence-corrected chi connectivity index (χ4v) is 1.77. The van der Waals surface area contributed by atoms with E-state index in [0.29, 0.717) is 23.9 Å². The van der Waals surface area contributed by atoms with E-state index in [1.165, 1.54) is 4.90 Å². The van der Waals surface area contributed by atoms with Gasteiger partial charge in [0.25, 0.3) is 5.91 Å². The van der Waals surface area contributed by atoms with E-state index in [4.69, 9.17) is 32.5 Å². The van der Waals surface area contributed by atoms with Crippen molar-refractivity contribution in [3.8, 4) is 5.75 Å². The SMILES string of the molecule is COCCN(CCO)C(=O)COc1ccc(C(N)=S)cc1. The first kappa shape index (κ1) is 17.4. The second-order valence-corrected chi connectivity index (χ2v) is 4.71. The predicted molar refractivity (Wildman–Crippen MR) is 83.4 cm³/mol. The van der Waals surface area contributed by atoms with Gasteiger partial charge in [0.15, 0.2) is 6.61 Å². The van der Waals surface area contributed by atoms with Crippen LogP contribution in [-0.2, 0) is 9.53 Å². The van der Waals surface area contributed by atoms with Crippen molar-refractivity contribution in [3.05, 3.63) is 29.8 Å². The van der Waals surface area contributed by atoms with Gasteiger partial charge in [-0.1, -0.05) is 12.2 Å². The first-order valence-corrected chi connectivity index (χ1v) is 6.89. The predicted octanol–water partition coefficient (Wildman–Crippen LogP) is 0.167. The lowest BCUT2D eigenvalue weighted by Gasteiger charge is -2.21. The molecule has 0 heterocycles. The summed E-state index contributed by atoms with van der Waals surface area (Å²) in [7, 11) is 1.56. The van der Waals surface area contributed by atoms with Crippen LogP contribution in [0.25, 0.3) is 0 Å². The number of methoxy groups -OCH3 is 1. The second kappa shape index (κ2) is 9.28. The minimum atomic E-state index is -0.209. The van der Waals surface area contributed by atoms with Crippen LogP contribution in [0.5, 0.6) is 5.75 Å². The molecule has 0 aliphatic heterocycles. The van der Waals surface area contributed by atoms with Crippen LogP contribution in [0.1, 0.15) is 5.56 Å². The van der Waals surface area contributed by atoms with Crippen molar-refractivity contribution in [2.45, 2.75) is 0 Å². The summed E-state index contributed by atoms with van der Waals surface area (Å²) in [5, 5.41) is 8.95. The van der Waals surface area contributed by atoms with Crippen molar-refractivity contribution in [2.24, 2.45) is 5.73 Å². The van der Waals surface area contributed by atoms with Crippen molar-refractivity contribution in [2.75, 3.05) is 40.0 Å². The number of hydrogen-bond acceptors (Lipinski definition) is 5. The molecule has 0 fully saturated rings. The summed E-state index contributed by atoms with van der Waals surface area (Å²) in [4.78, 5) is 13.8. The molecule has 7 heteroatoms. The van der Waals surface area contributed by atoms with E-state index in [-0.39, 0.29) is 25.7 Å². The van der Waals surface area contributed by atoms with Gasteiger partial charge in [-0.05, 0) is 24.3 Å². The fourth-order valence-electron chi connectivity index (χ4n) is 1.64. The number of thiocarbonyl (C=S) groups is 1. The molecule has 0 spiro atoms. The summed E-state index contributed by atoms with van der Waals surface area (Å²) in [6, 6.07) is 6.87. The summed E-state index contributed by atoms with van der Waals surface area (Å²) in [5.41, 5.74) is 6.24. The number of ether oxygens (including phenoxy) is 2. The lowest BCUT2D eigenvalue weighted by Crippen LogP contribution is -2.39. The Balaban J connectivity index is 2.51. The van der Waals surface area contributed by atoms with E-state index in [0.717, 1.165) is 5.56 Å². The molecule has 0 bridgehead atoms. The zero-order valence-corrected chi connectivity index (χ0v) is 12.8. The summed E-state index contributed by atoms with van der Waals surface area (Å²) in [6.07, 6.45) is 0. The molecule has 1 amide bonds. The van der Waals surface area contributed by atoms with Crippen molar-refractivity contribution in [3.63, 3.8) is 0 Å². The zero-order valence-electron chi connectivity index (χ0n) is 11.9. The average molecular weight is 312 g/mol. The third-order valence-corrected chi connectivity index (χ3v) is 3.02. The molecular weight excluding hydrogens is 292 g/mol. The Morgan fingerprint density at radius 2 is 2.00 bits per heavy atom. The summed E-state index contributed by atoms with van der Waals surface area (Å²) in [5.74, 6) is 0.346. The highest BCUT2D eigenvalue weighted by atomic mass is 32.1. The first-order valence-electron chi connectivity index (χ1n) is 6.48. The molecule has 0 aliphatic rings. The van der Waals surface area contributed by atoms with Crippen LogP contribution in [0.2, 0.25) is 0 Å². The van der Waals surface area contributed by atoms with Crippen LogP contribution >= 0.6 is 12.2 Å². The minimum Gasteiger partial charge on any atom is -0.484 e. The van der Waals surface area contributed by atoms with Gasteiger partial charge in [-0.25, -0.2) is 0 Å². The van der Waals surface area contributed by atoms with Crippen LogP contribution in [0.15, 0.2) is 24.3 Å². The molecule has 0 unspecified atom stereocenters. The molecule has 1 aromatic rings. The van der Waals surface area contributed by atoms with E-state index >= 15 is 0 Å². The fraction of sp³-hybridized carbons (Fsp3) is 0.429. The van der Waals surface area contributed by atoms with E-state index in [9.17, 15) is 4.79 Å². The summed E-state index contributed by atoms with van der Waals surface area (Å²) >= 11 is 4.86. The molecule has 1 rings (SSSR count). The third kappa shape index (κ3) is 6.07. The molecule has 0 saturated carbocycles. The van der Waals surface area contributed by atoms with Crippen molar-refractivity contribution in [1.29, 1.82) is 0 Å². The normalized spacial score (nSPS) is 10.2. The summed E-state index contributed by atoms with van der Waals surface area (Å²) < 4.78 is 10.3. The zero-order chi connectivity index (χ0) is 15.7. The van der Waals surface area contributed by atoms with Crippen LogP contribution in [0.4, 0.5) is 0 Å². The Morgan fingerprint density at radius 1 is 1.33 bits per heavy atom. The maximum absolute atomic E-state index is 12.0. The molecule has 6 nitrogen and oxygen atoms in total. The van der Waals surface area contributed by atoms with Gasteiger partial charge >= 0.3 is 0 Å². The van der Waals surface area contributed by atoms with Gasteiger partial charge in [0.2, 0.25) is 0 Å². The van der Waals surface area contributed by atoms with E-state index in [1.54, 1.807) is 31.4 Å². The smallest absolute Gasteiger partial charge is 0.260 e. The Morgan fingerprint density at radius 3 is 2.52 bits per heavy atom. The number of nitrogens with zero attached hydrogens (tertiary/aromatic N) is 1. The second-order valence-electron chi connectivity index (χ2n) is 4.27. The average Bonchev–Trinajstić information content (AvgIpc) is 2.49. The Bertz CT molecular complexity index is 465. The number of carbonyl (C=O) groups is 1. The van der Waals surface area contributed by atoms with Crippen LogP contribution in [0, 0.1) is 0 Å². The molecule has 0 radical (unpaired) electrons. The molecule has 0 aromatic heterocycles. The van der Waals surface area contributed by atoms with Gasteiger partial charge in [0.1, 0.15) is 10.7 Å². The van der Waals surface area contributed by atoms with Gasteiger partial charge in [-0.2, -0.15) is 0 Å². The topological polar surface area (TPSA) is 85.0 Å². The van der Waals surface area contributed by atoms with E-state index < -0.39 is 0 Å². The van der Waals surface area contributed by atoms with Gasteiger partial charge < -0.3 is 25.2 Å². The van der Waals surface area contributed by atoms with Crippen LogP contribution in [-0.4, -0.2) is 60.9 Å². The molecule has 3 N–H and O–H groups in total. The van der Waals surface area contributed by atoms with E-state index in [1.807, 2.05) is 0 Å². The molecular formula is C14H20N2O4S. The number of aliphatic hydroxyl groups is 1. The van der Waals surface area contributed by atoms with Crippen molar-refractivity contribution >= 4 is 23.1 Å². The Hall–Kier alpha value is -1.70. The summed E-state index contributed by atoms with van der Waals surface area (Å²) in [6.45, 7) is 0.883. The number of nitrogens with two attached hydrogens (primary N) is 1. The molecule has 1 aromatic carbocycles. The molecule has 116 valence electrons. The Kier molecular flexibility index (Phi) is 7.66. The molecule has 0 aliphatic carbocycles. The monoisotopic (exact) mass is 312 g/mol. The highest BCUT2D eigenvalue weighted by molar-refractivity contribution is 7.80. The number of hydrogen-bond donors (Lipinski definition) is 2. The highest BCUT2D eigenvalue weighted by Crippen LogP contribution is 2.12. The van der Waals surface area contributed by atoms with E-state index in [2.05, 4.69) is 0 Å². The van der Waals surface area contributed by atoms with Crippen LogP contribution < -0.4 is 10.5 Å². The van der Waals surface area contributed by atoms with Gasteiger partial charge in [0, 0.05) is 25.8 Å². The molecule has 0 atom stereocenters. The lowest BCUT2D eigenvalue weighted by atomic mass is 10.2. The largest absolute Gasteiger partial charge is 0.484 e. The van der Waals surface area contributed by atoms with Crippen molar-refractivity contribution in [1.82, 2.24) is 4.90 Å². The quantitative estimate of drug-likeness (QED) is 0.632. The number of aliphatic hydroxyl groups excluding tert-OH is 1. The number of rotatable bonds is 9. The standard InChI is InChI=1S/C14H20N2O4S/c1-19-9-7-16(6-8-17)13(18)10-20-12-4-2-11(3-5-12)14(15)21/h2-5,17H,6-10H2,1H3,(H2,15,21). The molecule has 0 saturated heterocycles. The highest BCUT2D eigenvalue weighted by Gasteiger charge is 2.13. The molecule has 21 heavy (non-hydrogen) atoms.